The van der Waals surface area contributed by atoms with Crippen molar-refractivity contribution in [1.82, 2.24) is 4.90 Å². The molecule has 0 radical (unpaired) electrons. The van der Waals surface area contributed by atoms with Gasteiger partial charge in [-0.2, -0.15) is 0 Å². The normalized spacial score (nSPS) is 27.1. The predicted octanol–water partition coefficient (Wildman–Crippen LogP) is 2.97. The standard InChI is InChI=1S/C16H26N2/c1-12-4-6-15(7-5-12)16(9-17)18-10-13(2)8-14(3)11-18/h4-7,13-14,16H,8-11,17H2,1-3H3. The van der Waals surface area contributed by atoms with Gasteiger partial charge in [-0.1, -0.05) is 43.7 Å². The fraction of sp³-hybridized carbons (Fsp3) is 0.625. The Morgan fingerprint density at radius 3 is 2.22 bits per heavy atom. The Hall–Kier alpha value is -0.860. The first-order valence-corrected chi connectivity index (χ1v) is 7.10. The van der Waals surface area contributed by atoms with Gasteiger partial charge in [0.15, 0.2) is 0 Å². The first kappa shape index (κ1) is 13.6. The van der Waals surface area contributed by atoms with Crippen LogP contribution in [0.15, 0.2) is 24.3 Å². The highest BCUT2D eigenvalue weighted by Crippen LogP contribution is 2.28. The molecule has 0 bridgehead atoms. The second kappa shape index (κ2) is 5.85. The van der Waals surface area contributed by atoms with Crippen LogP contribution in [0.5, 0.6) is 0 Å². The lowest BCUT2D eigenvalue weighted by molar-refractivity contribution is 0.0984. The summed E-state index contributed by atoms with van der Waals surface area (Å²) in [7, 11) is 0. The van der Waals surface area contributed by atoms with Crippen molar-refractivity contribution in [3.63, 3.8) is 0 Å². The molecule has 1 heterocycles. The van der Waals surface area contributed by atoms with Crippen molar-refractivity contribution in [3.8, 4) is 0 Å². The molecule has 0 saturated carbocycles. The van der Waals surface area contributed by atoms with E-state index < -0.39 is 0 Å². The first-order chi connectivity index (χ1) is 8.60. The molecule has 2 rings (SSSR count). The Balaban J connectivity index is 2.14. The van der Waals surface area contributed by atoms with Crippen molar-refractivity contribution in [3.05, 3.63) is 35.4 Å². The number of nitrogens with two attached hydrogens (primary N) is 1. The van der Waals surface area contributed by atoms with E-state index in [9.17, 15) is 0 Å². The Bertz CT molecular complexity index is 361. The maximum atomic E-state index is 6.02. The summed E-state index contributed by atoms with van der Waals surface area (Å²) in [4.78, 5) is 2.57. The molecule has 2 heteroatoms. The molecular formula is C16H26N2. The number of piperidine rings is 1. The van der Waals surface area contributed by atoms with Crippen LogP contribution in [0.2, 0.25) is 0 Å². The van der Waals surface area contributed by atoms with E-state index in [2.05, 4.69) is 49.9 Å². The lowest BCUT2D eigenvalue weighted by Crippen LogP contribution is -2.43. The average molecular weight is 246 g/mol. The molecule has 3 unspecified atom stereocenters. The van der Waals surface area contributed by atoms with Crippen LogP contribution in [0.25, 0.3) is 0 Å². The summed E-state index contributed by atoms with van der Waals surface area (Å²) in [5.74, 6) is 1.57. The summed E-state index contributed by atoms with van der Waals surface area (Å²) < 4.78 is 0. The molecule has 2 nitrogen and oxygen atoms in total. The van der Waals surface area contributed by atoms with Crippen LogP contribution in [-0.4, -0.2) is 24.5 Å². The van der Waals surface area contributed by atoms with Crippen LogP contribution in [0.1, 0.15) is 37.4 Å². The SMILES string of the molecule is Cc1ccc(C(CN)N2CC(C)CC(C)C2)cc1. The number of likely N-dealkylation sites (tertiary alicyclic amines) is 1. The maximum absolute atomic E-state index is 6.02. The van der Waals surface area contributed by atoms with Gasteiger partial charge in [0.1, 0.15) is 0 Å². The van der Waals surface area contributed by atoms with E-state index in [0.717, 1.165) is 11.8 Å². The van der Waals surface area contributed by atoms with Gasteiger partial charge in [-0.25, -0.2) is 0 Å². The Kier molecular flexibility index (Phi) is 4.41. The minimum Gasteiger partial charge on any atom is -0.329 e. The number of benzene rings is 1. The van der Waals surface area contributed by atoms with Crippen molar-refractivity contribution < 1.29 is 0 Å². The van der Waals surface area contributed by atoms with Gasteiger partial charge >= 0.3 is 0 Å². The van der Waals surface area contributed by atoms with Gasteiger partial charge in [-0.15, -0.1) is 0 Å². The highest BCUT2D eigenvalue weighted by Gasteiger charge is 2.27. The molecule has 1 aromatic rings. The van der Waals surface area contributed by atoms with Gasteiger partial charge in [0.05, 0.1) is 0 Å². The predicted molar refractivity (Wildman–Crippen MR) is 77.5 cm³/mol. The van der Waals surface area contributed by atoms with Crippen molar-refractivity contribution in [2.45, 2.75) is 33.2 Å². The van der Waals surface area contributed by atoms with Crippen LogP contribution >= 0.6 is 0 Å². The van der Waals surface area contributed by atoms with E-state index in [1.807, 2.05) is 0 Å². The van der Waals surface area contributed by atoms with Crippen molar-refractivity contribution in [1.29, 1.82) is 0 Å². The Labute approximate surface area is 111 Å². The van der Waals surface area contributed by atoms with Gasteiger partial charge in [0, 0.05) is 25.7 Å². The van der Waals surface area contributed by atoms with Crippen LogP contribution in [-0.2, 0) is 0 Å². The van der Waals surface area contributed by atoms with Crippen LogP contribution in [0, 0.1) is 18.8 Å². The monoisotopic (exact) mass is 246 g/mol. The molecule has 1 aromatic carbocycles. The molecule has 0 amide bonds. The molecule has 2 N–H and O–H groups in total. The summed E-state index contributed by atoms with van der Waals surface area (Å²) in [5.41, 5.74) is 8.70. The second-order valence-corrected chi connectivity index (χ2v) is 6.06. The number of aryl methyl sites for hydroxylation is 1. The van der Waals surface area contributed by atoms with E-state index in [0.29, 0.717) is 12.6 Å². The van der Waals surface area contributed by atoms with Gasteiger partial charge in [-0.3, -0.25) is 4.90 Å². The zero-order valence-corrected chi connectivity index (χ0v) is 11.9. The molecule has 18 heavy (non-hydrogen) atoms. The minimum atomic E-state index is 0.385. The third-order valence-corrected chi connectivity index (χ3v) is 4.02. The van der Waals surface area contributed by atoms with E-state index >= 15 is 0 Å². The molecule has 0 aromatic heterocycles. The molecule has 0 spiro atoms. The molecular weight excluding hydrogens is 220 g/mol. The highest BCUT2D eigenvalue weighted by atomic mass is 15.2. The van der Waals surface area contributed by atoms with E-state index in [1.54, 1.807) is 0 Å². The largest absolute Gasteiger partial charge is 0.329 e. The summed E-state index contributed by atoms with van der Waals surface area (Å²) in [6.45, 7) is 9.91. The first-order valence-electron chi connectivity index (χ1n) is 7.10. The molecule has 1 aliphatic rings. The summed E-state index contributed by atoms with van der Waals surface area (Å²) in [6.07, 6.45) is 1.35. The van der Waals surface area contributed by atoms with Crippen molar-refractivity contribution in [2.24, 2.45) is 17.6 Å². The minimum absolute atomic E-state index is 0.385. The summed E-state index contributed by atoms with van der Waals surface area (Å²) in [5, 5.41) is 0. The molecule has 1 fully saturated rings. The lowest BCUT2D eigenvalue weighted by Gasteiger charge is -2.40. The molecule has 0 aliphatic carbocycles. The van der Waals surface area contributed by atoms with Crippen LogP contribution < -0.4 is 5.73 Å². The Morgan fingerprint density at radius 2 is 1.72 bits per heavy atom. The molecule has 100 valence electrons. The zero-order valence-electron chi connectivity index (χ0n) is 11.9. The van der Waals surface area contributed by atoms with E-state index in [-0.39, 0.29) is 0 Å². The topological polar surface area (TPSA) is 29.3 Å². The molecule has 1 aliphatic heterocycles. The zero-order chi connectivity index (χ0) is 13.1. The maximum Gasteiger partial charge on any atom is 0.0470 e. The summed E-state index contributed by atoms with van der Waals surface area (Å²) >= 11 is 0. The van der Waals surface area contributed by atoms with Crippen LogP contribution in [0.3, 0.4) is 0 Å². The number of rotatable bonds is 3. The highest BCUT2D eigenvalue weighted by molar-refractivity contribution is 5.24. The average Bonchev–Trinajstić information content (AvgIpc) is 2.31. The molecule has 3 atom stereocenters. The third kappa shape index (κ3) is 3.12. The lowest BCUT2D eigenvalue weighted by atomic mass is 9.89. The summed E-state index contributed by atoms with van der Waals surface area (Å²) in [6, 6.07) is 9.23. The van der Waals surface area contributed by atoms with Gasteiger partial charge in [0.2, 0.25) is 0 Å². The number of nitrogens with zero attached hydrogens (tertiary/aromatic N) is 1. The van der Waals surface area contributed by atoms with Gasteiger partial charge in [-0.05, 0) is 30.7 Å². The smallest absolute Gasteiger partial charge is 0.0470 e. The number of hydrogen-bond acceptors (Lipinski definition) is 2. The van der Waals surface area contributed by atoms with Gasteiger partial charge < -0.3 is 5.73 Å². The Morgan fingerprint density at radius 1 is 1.17 bits per heavy atom. The quantitative estimate of drug-likeness (QED) is 0.888. The van der Waals surface area contributed by atoms with Gasteiger partial charge in [0.25, 0.3) is 0 Å². The van der Waals surface area contributed by atoms with E-state index in [1.165, 1.54) is 30.6 Å². The van der Waals surface area contributed by atoms with E-state index in [4.69, 9.17) is 5.73 Å². The third-order valence-electron chi connectivity index (χ3n) is 4.02. The number of hydrogen-bond donors (Lipinski definition) is 1. The fourth-order valence-electron chi connectivity index (χ4n) is 3.25. The second-order valence-electron chi connectivity index (χ2n) is 6.06. The van der Waals surface area contributed by atoms with Crippen molar-refractivity contribution >= 4 is 0 Å². The fourth-order valence-corrected chi connectivity index (χ4v) is 3.25. The van der Waals surface area contributed by atoms with Crippen LogP contribution in [0.4, 0.5) is 0 Å². The molecule has 1 saturated heterocycles. The van der Waals surface area contributed by atoms with Crippen molar-refractivity contribution in [2.75, 3.05) is 19.6 Å².